The third kappa shape index (κ3) is 4.01. The van der Waals surface area contributed by atoms with E-state index < -0.39 is 10.8 Å². The molecule has 104 valence electrons. The topological polar surface area (TPSA) is 56.0 Å². The standard InChI is InChI=1S/C14H20N2OS2/c1-2-3-4-5-6-9-19(17)14-16-12-8-7-11(15)10-13(12)18-14/h7-8,10H,2-6,9,15H2,1H3. The number of benzene rings is 1. The molecule has 3 nitrogen and oxygen atoms in total. The van der Waals surface area contributed by atoms with Crippen LogP contribution < -0.4 is 5.73 Å². The van der Waals surface area contributed by atoms with Crippen LogP contribution in [0.25, 0.3) is 10.2 Å². The molecule has 19 heavy (non-hydrogen) atoms. The second-order valence-electron chi connectivity index (χ2n) is 4.67. The molecule has 2 aromatic rings. The van der Waals surface area contributed by atoms with Crippen LogP contribution in [0.5, 0.6) is 0 Å². The van der Waals surface area contributed by atoms with Gasteiger partial charge < -0.3 is 5.73 Å². The number of hydrogen-bond acceptors (Lipinski definition) is 4. The zero-order valence-electron chi connectivity index (χ0n) is 11.2. The van der Waals surface area contributed by atoms with E-state index in [-0.39, 0.29) is 0 Å². The highest BCUT2D eigenvalue weighted by atomic mass is 32.2. The van der Waals surface area contributed by atoms with Gasteiger partial charge in [0.25, 0.3) is 0 Å². The Kier molecular flexibility index (Phi) is 5.34. The lowest BCUT2D eigenvalue weighted by atomic mass is 10.2. The quantitative estimate of drug-likeness (QED) is 0.621. The number of rotatable bonds is 7. The average Bonchev–Trinajstić information content (AvgIpc) is 2.81. The Hall–Kier alpha value is -0.940. The van der Waals surface area contributed by atoms with Gasteiger partial charge in [0.05, 0.1) is 21.0 Å². The first-order chi connectivity index (χ1) is 9.20. The van der Waals surface area contributed by atoms with Crippen LogP contribution in [0.1, 0.15) is 39.0 Å². The summed E-state index contributed by atoms with van der Waals surface area (Å²) < 4.78 is 13.9. The molecule has 0 bridgehead atoms. The summed E-state index contributed by atoms with van der Waals surface area (Å²) in [5.41, 5.74) is 7.37. The molecule has 0 amide bonds. The summed E-state index contributed by atoms with van der Waals surface area (Å²) in [6, 6.07) is 5.62. The number of nitrogen functional groups attached to an aromatic ring is 1. The van der Waals surface area contributed by atoms with Gasteiger partial charge in [0.1, 0.15) is 0 Å². The maximum absolute atomic E-state index is 12.2. The van der Waals surface area contributed by atoms with Crippen LogP contribution >= 0.6 is 11.3 Å². The van der Waals surface area contributed by atoms with Gasteiger partial charge in [-0.3, -0.25) is 4.21 Å². The largest absolute Gasteiger partial charge is 0.399 e. The summed E-state index contributed by atoms with van der Waals surface area (Å²) in [6.07, 6.45) is 5.93. The molecule has 5 heteroatoms. The van der Waals surface area contributed by atoms with Crippen LogP contribution in [0.3, 0.4) is 0 Å². The fraction of sp³-hybridized carbons (Fsp3) is 0.500. The maximum Gasteiger partial charge on any atom is 0.181 e. The lowest BCUT2D eigenvalue weighted by molar-refractivity contribution is 0.647. The van der Waals surface area contributed by atoms with Crippen molar-refractivity contribution >= 4 is 38.0 Å². The summed E-state index contributed by atoms with van der Waals surface area (Å²) in [6.45, 7) is 2.20. The molecule has 1 aromatic heterocycles. The lowest BCUT2D eigenvalue weighted by Crippen LogP contribution is -1.97. The van der Waals surface area contributed by atoms with E-state index in [1.54, 1.807) is 0 Å². The van der Waals surface area contributed by atoms with E-state index in [0.717, 1.165) is 38.8 Å². The molecule has 1 heterocycles. The number of anilines is 1. The zero-order valence-corrected chi connectivity index (χ0v) is 12.9. The van der Waals surface area contributed by atoms with Gasteiger partial charge in [-0.1, -0.05) is 32.6 Å². The monoisotopic (exact) mass is 296 g/mol. The molecule has 1 aromatic carbocycles. The smallest absolute Gasteiger partial charge is 0.181 e. The normalized spacial score (nSPS) is 12.9. The molecule has 0 aliphatic carbocycles. The minimum atomic E-state index is -0.962. The summed E-state index contributed by atoms with van der Waals surface area (Å²) in [7, 11) is -0.962. The van der Waals surface area contributed by atoms with E-state index in [1.807, 2.05) is 18.2 Å². The third-order valence-corrected chi connectivity index (χ3v) is 5.78. The highest BCUT2D eigenvalue weighted by molar-refractivity contribution is 7.87. The Morgan fingerprint density at radius 1 is 1.26 bits per heavy atom. The van der Waals surface area contributed by atoms with Gasteiger partial charge in [0.15, 0.2) is 4.34 Å². The molecule has 2 rings (SSSR count). The van der Waals surface area contributed by atoms with E-state index in [0.29, 0.717) is 0 Å². The Labute approximate surface area is 120 Å². The predicted octanol–water partition coefficient (Wildman–Crippen LogP) is 3.96. The summed E-state index contributed by atoms with van der Waals surface area (Å²) in [4.78, 5) is 4.43. The lowest BCUT2D eigenvalue weighted by Gasteiger charge is -1.98. The second-order valence-corrected chi connectivity index (χ2v) is 7.45. The van der Waals surface area contributed by atoms with Gasteiger partial charge in [-0.05, 0) is 24.6 Å². The van der Waals surface area contributed by atoms with Crippen LogP contribution in [0.2, 0.25) is 0 Å². The van der Waals surface area contributed by atoms with Gasteiger partial charge >= 0.3 is 0 Å². The zero-order chi connectivity index (χ0) is 13.7. The molecule has 0 saturated carbocycles. The second kappa shape index (κ2) is 7.01. The Morgan fingerprint density at radius 3 is 2.84 bits per heavy atom. The number of aromatic nitrogens is 1. The van der Waals surface area contributed by atoms with Crippen molar-refractivity contribution in [2.45, 2.75) is 43.4 Å². The van der Waals surface area contributed by atoms with Gasteiger partial charge in [0, 0.05) is 11.4 Å². The summed E-state index contributed by atoms with van der Waals surface area (Å²) >= 11 is 1.50. The molecule has 0 saturated heterocycles. The van der Waals surface area contributed by atoms with Gasteiger partial charge in [-0.2, -0.15) is 0 Å². The molecule has 0 radical (unpaired) electrons. The van der Waals surface area contributed by atoms with Gasteiger partial charge in [0.2, 0.25) is 0 Å². The molecule has 0 spiro atoms. The van der Waals surface area contributed by atoms with Crippen molar-refractivity contribution in [3.8, 4) is 0 Å². The fourth-order valence-corrected chi connectivity index (χ4v) is 4.42. The van der Waals surface area contributed by atoms with Crippen molar-refractivity contribution in [3.63, 3.8) is 0 Å². The molecule has 0 aliphatic rings. The number of fused-ring (bicyclic) bond motifs is 1. The highest BCUT2D eigenvalue weighted by Crippen LogP contribution is 2.26. The summed E-state index contributed by atoms with van der Waals surface area (Å²) in [5.74, 6) is 0.721. The van der Waals surface area contributed by atoms with Crippen molar-refractivity contribution < 1.29 is 4.21 Å². The SMILES string of the molecule is CCCCCCCS(=O)c1nc2ccc(N)cc2s1. The van der Waals surface area contributed by atoms with Crippen LogP contribution in [-0.2, 0) is 10.8 Å². The Bertz CT molecular complexity index is 566. The number of hydrogen-bond donors (Lipinski definition) is 1. The first kappa shape index (κ1) is 14.5. The maximum atomic E-state index is 12.2. The van der Waals surface area contributed by atoms with E-state index >= 15 is 0 Å². The van der Waals surface area contributed by atoms with E-state index in [2.05, 4.69) is 11.9 Å². The first-order valence-electron chi connectivity index (χ1n) is 6.75. The van der Waals surface area contributed by atoms with Crippen LogP contribution in [0.4, 0.5) is 5.69 Å². The van der Waals surface area contributed by atoms with E-state index in [9.17, 15) is 4.21 Å². The average molecular weight is 296 g/mol. The molecule has 0 aliphatic heterocycles. The highest BCUT2D eigenvalue weighted by Gasteiger charge is 2.10. The van der Waals surface area contributed by atoms with E-state index in [4.69, 9.17) is 5.73 Å². The molecular weight excluding hydrogens is 276 g/mol. The fourth-order valence-electron chi connectivity index (χ4n) is 1.94. The number of nitrogens with zero attached hydrogens (tertiary/aromatic N) is 1. The first-order valence-corrected chi connectivity index (χ1v) is 8.88. The van der Waals surface area contributed by atoms with Crippen molar-refractivity contribution in [1.82, 2.24) is 4.98 Å². The number of thiazole rings is 1. The predicted molar refractivity (Wildman–Crippen MR) is 84.1 cm³/mol. The summed E-state index contributed by atoms with van der Waals surface area (Å²) in [5, 5.41) is 0. The minimum Gasteiger partial charge on any atom is -0.399 e. The minimum absolute atomic E-state index is 0.721. The Balaban J connectivity index is 1.94. The van der Waals surface area contributed by atoms with Crippen molar-refractivity contribution in [2.24, 2.45) is 0 Å². The molecule has 1 atom stereocenters. The molecular formula is C14H20N2OS2. The van der Waals surface area contributed by atoms with Gasteiger partial charge in [-0.25, -0.2) is 4.98 Å². The number of unbranched alkanes of at least 4 members (excludes halogenated alkanes) is 4. The van der Waals surface area contributed by atoms with Crippen molar-refractivity contribution in [1.29, 1.82) is 0 Å². The van der Waals surface area contributed by atoms with Crippen molar-refractivity contribution in [2.75, 3.05) is 11.5 Å². The van der Waals surface area contributed by atoms with Crippen LogP contribution in [0, 0.1) is 0 Å². The van der Waals surface area contributed by atoms with E-state index in [1.165, 1.54) is 30.6 Å². The van der Waals surface area contributed by atoms with Crippen molar-refractivity contribution in [3.05, 3.63) is 18.2 Å². The molecule has 0 fully saturated rings. The van der Waals surface area contributed by atoms with Crippen LogP contribution in [-0.4, -0.2) is 14.9 Å². The van der Waals surface area contributed by atoms with Crippen LogP contribution in [0.15, 0.2) is 22.5 Å². The third-order valence-electron chi connectivity index (χ3n) is 3.02. The number of nitrogens with two attached hydrogens (primary N) is 1. The molecule has 2 N–H and O–H groups in total. The Morgan fingerprint density at radius 2 is 2.05 bits per heavy atom. The molecule has 1 unspecified atom stereocenters. The van der Waals surface area contributed by atoms with Gasteiger partial charge in [-0.15, -0.1) is 11.3 Å².